The molecular formula is C16H15FN2O3. The van der Waals surface area contributed by atoms with Crippen LogP contribution in [0.4, 0.5) is 15.8 Å². The van der Waals surface area contributed by atoms with Crippen LogP contribution in [0, 0.1) is 15.9 Å². The van der Waals surface area contributed by atoms with Crippen molar-refractivity contribution in [2.24, 2.45) is 0 Å². The van der Waals surface area contributed by atoms with Crippen LogP contribution in [0.3, 0.4) is 0 Å². The molecule has 2 aromatic carbocycles. The summed E-state index contributed by atoms with van der Waals surface area (Å²) in [5, 5.41) is 20.9. The number of nitro benzene ring substituents is 1. The molecule has 0 radical (unpaired) electrons. The number of non-ortho nitro benzene ring substituents is 1. The molecule has 0 spiro atoms. The SMILES string of the molecule is O=[N+]([O-])c1ccc(N2CC[C@H](O)c3ccccc3C2)c(F)c1. The van der Waals surface area contributed by atoms with Crippen molar-refractivity contribution in [1.29, 1.82) is 0 Å². The molecule has 0 unspecified atom stereocenters. The number of nitro groups is 1. The zero-order valence-corrected chi connectivity index (χ0v) is 11.8. The Balaban J connectivity index is 1.95. The monoisotopic (exact) mass is 302 g/mol. The van der Waals surface area contributed by atoms with Crippen molar-refractivity contribution in [2.45, 2.75) is 19.1 Å². The van der Waals surface area contributed by atoms with Gasteiger partial charge in [0.25, 0.3) is 5.69 Å². The Labute approximate surface area is 126 Å². The van der Waals surface area contributed by atoms with E-state index in [9.17, 15) is 19.6 Å². The van der Waals surface area contributed by atoms with Gasteiger partial charge in [-0.15, -0.1) is 0 Å². The first-order valence-electron chi connectivity index (χ1n) is 7.01. The van der Waals surface area contributed by atoms with Gasteiger partial charge in [-0.25, -0.2) is 4.39 Å². The Morgan fingerprint density at radius 1 is 1.27 bits per heavy atom. The van der Waals surface area contributed by atoms with Crippen LogP contribution in [0.25, 0.3) is 0 Å². The minimum Gasteiger partial charge on any atom is -0.388 e. The number of benzene rings is 2. The molecule has 6 heteroatoms. The molecule has 1 aliphatic heterocycles. The van der Waals surface area contributed by atoms with E-state index in [1.54, 1.807) is 4.90 Å². The van der Waals surface area contributed by atoms with Crippen molar-refractivity contribution in [3.8, 4) is 0 Å². The molecule has 114 valence electrons. The standard InChI is InChI=1S/C16H15FN2O3/c17-14-9-12(19(21)22)5-6-15(14)18-8-7-16(20)13-4-2-1-3-11(13)10-18/h1-6,9,16,20H,7-8,10H2/t16-/m0/s1. The molecule has 0 fully saturated rings. The molecule has 3 rings (SSSR count). The number of halogens is 1. The van der Waals surface area contributed by atoms with Gasteiger partial charge in [0, 0.05) is 19.2 Å². The summed E-state index contributed by atoms with van der Waals surface area (Å²) >= 11 is 0. The fraction of sp³-hybridized carbons (Fsp3) is 0.250. The summed E-state index contributed by atoms with van der Waals surface area (Å²) in [6, 6.07) is 11.2. The maximum Gasteiger partial charge on any atom is 0.272 e. The molecule has 1 heterocycles. The summed E-state index contributed by atoms with van der Waals surface area (Å²) in [6.07, 6.45) is -0.102. The van der Waals surface area contributed by atoms with E-state index in [0.717, 1.165) is 17.2 Å². The Kier molecular flexibility index (Phi) is 3.77. The second kappa shape index (κ2) is 5.73. The van der Waals surface area contributed by atoms with Crippen molar-refractivity contribution < 1.29 is 14.4 Å². The second-order valence-electron chi connectivity index (χ2n) is 5.32. The number of aliphatic hydroxyl groups excluding tert-OH is 1. The Hall–Kier alpha value is -2.47. The summed E-state index contributed by atoms with van der Waals surface area (Å²) in [5.74, 6) is -0.622. The molecular weight excluding hydrogens is 287 g/mol. The zero-order chi connectivity index (χ0) is 15.7. The molecule has 0 saturated heterocycles. The Morgan fingerprint density at radius 3 is 2.77 bits per heavy atom. The number of rotatable bonds is 2. The lowest BCUT2D eigenvalue weighted by Crippen LogP contribution is -2.23. The first-order chi connectivity index (χ1) is 10.6. The van der Waals surface area contributed by atoms with Crippen LogP contribution in [0.2, 0.25) is 0 Å². The highest BCUT2D eigenvalue weighted by molar-refractivity contribution is 5.53. The average Bonchev–Trinajstić information content (AvgIpc) is 2.67. The molecule has 1 atom stereocenters. The quantitative estimate of drug-likeness (QED) is 0.683. The summed E-state index contributed by atoms with van der Waals surface area (Å²) in [4.78, 5) is 11.9. The van der Waals surface area contributed by atoms with Crippen LogP contribution in [-0.2, 0) is 6.54 Å². The number of hydrogen-bond donors (Lipinski definition) is 1. The number of aliphatic hydroxyl groups is 1. The minimum atomic E-state index is -0.622. The number of hydrogen-bond acceptors (Lipinski definition) is 4. The van der Waals surface area contributed by atoms with Crippen molar-refractivity contribution >= 4 is 11.4 Å². The van der Waals surface area contributed by atoms with Gasteiger partial charge in [0.05, 0.1) is 22.8 Å². The summed E-state index contributed by atoms with van der Waals surface area (Å²) < 4.78 is 14.2. The van der Waals surface area contributed by atoms with Gasteiger partial charge in [-0.3, -0.25) is 10.1 Å². The Morgan fingerprint density at radius 2 is 2.05 bits per heavy atom. The van der Waals surface area contributed by atoms with Crippen LogP contribution < -0.4 is 4.90 Å². The van der Waals surface area contributed by atoms with E-state index in [1.165, 1.54) is 12.1 Å². The summed E-state index contributed by atoms with van der Waals surface area (Å²) in [7, 11) is 0. The minimum absolute atomic E-state index is 0.267. The van der Waals surface area contributed by atoms with Crippen LogP contribution in [0.5, 0.6) is 0 Å². The fourth-order valence-corrected chi connectivity index (χ4v) is 2.79. The van der Waals surface area contributed by atoms with Crippen LogP contribution in [-0.4, -0.2) is 16.6 Å². The molecule has 5 nitrogen and oxygen atoms in total. The van der Waals surface area contributed by atoms with E-state index < -0.39 is 16.8 Å². The van der Waals surface area contributed by atoms with E-state index in [4.69, 9.17) is 0 Å². The predicted molar refractivity (Wildman–Crippen MR) is 80.1 cm³/mol. The largest absolute Gasteiger partial charge is 0.388 e. The average molecular weight is 302 g/mol. The lowest BCUT2D eigenvalue weighted by atomic mass is 10.0. The zero-order valence-electron chi connectivity index (χ0n) is 11.8. The van der Waals surface area contributed by atoms with Gasteiger partial charge in [-0.2, -0.15) is 0 Å². The first-order valence-corrected chi connectivity index (χ1v) is 7.01. The van der Waals surface area contributed by atoms with E-state index in [-0.39, 0.29) is 5.69 Å². The second-order valence-corrected chi connectivity index (χ2v) is 5.32. The highest BCUT2D eigenvalue weighted by Crippen LogP contribution is 2.31. The molecule has 2 aromatic rings. The molecule has 22 heavy (non-hydrogen) atoms. The molecule has 0 aliphatic carbocycles. The highest BCUT2D eigenvalue weighted by Gasteiger charge is 2.23. The summed E-state index contributed by atoms with van der Waals surface area (Å²) in [5.41, 5.74) is 1.84. The van der Waals surface area contributed by atoms with Crippen molar-refractivity contribution in [2.75, 3.05) is 11.4 Å². The lowest BCUT2D eigenvalue weighted by molar-refractivity contribution is -0.385. The van der Waals surface area contributed by atoms with E-state index in [1.807, 2.05) is 24.3 Å². The van der Waals surface area contributed by atoms with Crippen LogP contribution >= 0.6 is 0 Å². The highest BCUT2D eigenvalue weighted by atomic mass is 19.1. The van der Waals surface area contributed by atoms with Gasteiger partial charge in [-0.05, 0) is 23.6 Å². The van der Waals surface area contributed by atoms with E-state index >= 15 is 0 Å². The number of nitrogens with zero attached hydrogens (tertiary/aromatic N) is 2. The molecule has 1 aliphatic rings. The van der Waals surface area contributed by atoms with Gasteiger partial charge < -0.3 is 10.0 Å². The van der Waals surface area contributed by atoms with Gasteiger partial charge >= 0.3 is 0 Å². The Bertz CT molecular complexity index is 720. The third-order valence-corrected chi connectivity index (χ3v) is 3.93. The van der Waals surface area contributed by atoms with Crippen molar-refractivity contribution in [3.63, 3.8) is 0 Å². The van der Waals surface area contributed by atoms with Crippen molar-refractivity contribution in [3.05, 3.63) is 69.5 Å². The number of fused-ring (bicyclic) bond motifs is 1. The normalized spacial score (nSPS) is 17.7. The maximum absolute atomic E-state index is 14.2. The molecule has 0 saturated carbocycles. The molecule has 1 N–H and O–H groups in total. The van der Waals surface area contributed by atoms with E-state index in [0.29, 0.717) is 25.2 Å². The summed E-state index contributed by atoms with van der Waals surface area (Å²) in [6.45, 7) is 0.937. The third kappa shape index (κ3) is 2.65. The first kappa shape index (κ1) is 14.5. The molecule has 0 bridgehead atoms. The van der Waals surface area contributed by atoms with Gasteiger partial charge in [0.15, 0.2) is 5.82 Å². The fourth-order valence-electron chi connectivity index (χ4n) is 2.79. The van der Waals surface area contributed by atoms with Crippen LogP contribution in [0.1, 0.15) is 23.7 Å². The lowest BCUT2D eigenvalue weighted by Gasteiger charge is -2.23. The third-order valence-electron chi connectivity index (χ3n) is 3.93. The number of anilines is 1. The van der Waals surface area contributed by atoms with Crippen LogP contribution in [0.15, 0.2) is 42.5 Å². The maximum atomic E-state index is 14.2. The van der Waals surface area contributed by atoms with Gasteiger partial charge in [0.2, 0.25) is 0 Å². The van der Waals surface area contributed by atoms with Crippen molar-refractivity contribution in [1.82, 2.24) is 0 Å². The van der Waals surface area contributed by atoms with Gasteiger partial charge in [0.1, 0.15) is 0 Å². The predicted octanol–water partition coefficient (Wildman–Crippen LogP) is 3.18. The smallest absolute Gasteiger partial charge is 0.272 e. The molecule has 0 aromatic heterocycles. The van der Waals surface area contributed by atoms with E-state index in [2.05, 4.69) is 0 Å². The topological polar surface area (TPSA) is 66.6 Å². The molecule has 0 amide bonds. The van der Waals surface area contributed by atoms with Gasteiger partial charge in [-0.1, -0.05) is 24.3 Å².